The first kappa shape index (κ1) is 18.6. The van der Waals surface area contributed by atoms with Crippen molar-refractivity contribution >= 4 is 15.9 Å². The Morgan fingerprint density at radius 2 is 1.91 bits per heavy atom. The molecule has 0 bridgehead atoms. The fraction of sp³-hybridized carbons (Fsp3) is 0.933. The Labute approximate surface area is 139 Å². The topological polar surface area (TPSA) is 79.0 Å². The zero-order valence-corrected chi connectivity index (χ0v) is 15.4. The third-order valence-electron chi connectivity index (χ3n) is 4.94. The maximum atomic E-state index is 12.7. The highest BCUT2D eigenvalue weighted by atomic mass is 32.2. The van der Waals surface area contributed by atoms with Crippen molar-refractivity contribution in [1.82, 2.24) is 14.5 Å². The number of hydrogen-bond donors (Lipinski definition) is 1. The maximum absolute atomic E-state index is 12.7. The van der Waals surface area contributed by atoms with Crippen LogP contribution < -0.4 is 5.32 Å². The first-order chi connectivity index (χ1) is 10.6. The maximum Gasteiger partial charge on any atom is 0.226 e. The van der Waals surface area contributed by atoms with Gasteiger partial charge in [0.05, 0.1) is 11.7 Å². The van der Waals surface area contributed by atoms with E-state index in [0.717, 1.165) is 6.54 Å². The quantitative estimate of drug-likeness (QED) is 0.741. The number of nitrogens with zero attached hydrogens (tertiary/aromatic N) is 2. The Bertz CT molecular complexity index is 529. The molecule has 23 heavy (non-hydrogen) atoms. The zero-order valence-electron chi connectivity index (χ0n) is 14.5. The molecule has 0 aliphatic carbocycles. The van der Waals surface area contributed by atoms with Crippen LogP contribution in [0.25, 0.3) is 0 Å². The third-order valence-corrected chi connectivity index (χ3v) is 6.17. The van der Waals surface area contributed by atoms with Gasteiger partial charge in [-0.3, -0.25) is 4.79 Å². The predicted octanol–water partition coefficient (Wildman–Crippen LogP) is -0.259. The van der Waals surface area contributed by atoms with Gasteiger partial charge in [0.2, 0.25) is 15.9 Å². The van der Waals surface area contributed by atoms with E-state index in [2.05, 4.69) is 5.32 Å². The van der Waals surface area contributed by atoms with Gasteiger partial charge in [-0.2, -0.15) is 4.31 Å². The molecule has 0 radical (unpaired) electrons. The summed E-state index contributed by atoms with van der Waals surface area (Å²) in [5, 5.41) is 3.12. The van der Waals surface area contributed by atoms with Crippen molar-refractivity contribution in [2.75, 3.05) is 53.2 Å². The summed E-state index contributed by atoms with van der Waals surface area (Å²) in [6.07, 6.45) is 2.64. The van der Waals surface area contributed by atoms with Gasteiger partial charge in [-0.1, -0.05) is 6.92 Å². The van der Waals surface area contributed by atoms with E-state index in [0.29, 0.717) is 39.1 Å². The summed E-state index contributed by atoms with van der Waals surface area (Å²) in [6, 6.07) is -0.140. The number of rotatable bonds is 5. The smallest absolute Gasteiger partial charge is 0.226 e. The molecule has 0 aromatic carbocycles. The van der Waals surface area contributed by atoms with Crippen LogP contribution in [0.3, 0.4) is 0 Å². The van der Waals surface area contributed by atoms with Gasteiger partial charge >= 0.3 is 0 Å². The predicted molar refractivity (Wildman–Crippen MR) is 88.6 cm³/mol. The van der Waals surface area contributed by atoms with E-state index in [-0.39, 0.29) is 17.9 Å². The number of carbonyl (C=O) groups is 1. The highest BCUT2D eigenvalue weighted by Gasteiger charge is 2.41. The van der Waals surface area contributed by atoms with E-state index in [9.17, 15) is 13.2 Å². The molecule has 2 saturated heterocycles. The van der Waals surface area contributed by atoms with Crippen LogP contribution >= 0.6 is 0 Å². The van der Waals surface area contributed by atoms with Gasteiger partial charge in [0.15, 0.2) is 0 Å². The molecule has 2 rings (SSSR count). The average molecular weight is 347 g/mol. The lowest BCUT2D eigenvalue weighted by Crippen LogP contribution is -2.50. The summed E-state index contributed by atoms with van der Waals surface area (Å²) in [7, 11) is 0.684. The standard InChI is InChI=1S/C15H29N3O4S/c1-15(5-7-22-8-6-15)14(19)16-13-11-18(23(4,20)21)10-12(13)9-17(2)3/h12-13H,5-11H2,1-4H3,(H,16,19)/t12-,13-/m1/s1. The van der Waals surface area contributed by atoms with Crippen molar-refractivity contribution in [1.29, 1.82) is 0 Å². The molecule has 2 aliphatic rings. The van der Waals surface area contributed by atoms with Crippen molar-refractivity contribution < 1.29 is 17.9 Å². The van der Waals surface area contributed by atoms with Crippen molar-refractivity contribution in [3.8, 4) is 0 Å². The number of carbonyl (C=O) groups excluding carboxylic acids is 1. The Morgan fingerprint density at radius 1 is 1.30 bits per heavy atom. The highest BCUT2D eigenvalue weighted by Crippen LogP contribution is 2.31. The largest absolute Gasteiger partial charge is 0.381 e. The molecule has 134 valence electrons. The van der Waals surface area contributed by atoms with Crippen molar-refractivity contribution in [3.63, 3.8) is 0 Å². The number of amides is 1. The molecule has 0 aromatic heterocycles. The van der Waals surface area contributed by atoms with E-state index in [1.54, 1.807) is 0 Å². The molecule has 8 heteroatoms. The lowest BCUT2D eigenvalue weighted by atomic mass is 9.81. The molecule has 0 saturated carbocycles. The van der Waals surface area contributed by atoms with Crippen LogP contribution in [0.4, 0.5) is 0 Å². The van der Waals surface area contributed by atoms with Crippen LogP contribution in [0.15, 0.2) is 0 Å². The van der Waals surface area contributed by atoms with E-state index in [4.69, 9.17) is 4.74 Å². The van der Waals surface area contributed by atoms with E-state index in [1.165, 1.54) is 10.6 Å². The Balaban J connectivity index is 2.07. The monoisotopic (exact) mass is 347 g/mol. The lowest BCUT2D eigenvalue weighted by molar-refractivity contribution is -0.136. The molecular weight excluding hydrogens is 318 g/mol. The SMILES string of the molecule is CN(C)C[C@@H]1CN(S(C)(=O)=O)C[C@H]1NC(=O)C1(C)CCOCC1. The molecule has 2 aliphatic heterocycles. The number of ether oxygens (including phenoxy) is 1. The molecule has 0 unspecified atom stereocenters. The van der Waals surface area contributed by atoms with Crippen LogP contribution in [-0.2, 0) is 19.6 Å². The molecule has 2 atom stereocenters. The second-order valence-corrected chi connectivity index (χ2v) is 9.34. The number of hydrogen-bond acceptors (Lipinski definition) is 5. The van der Waals surface area contributed by atoms with Crippen LogP contribution in [0.1, 0.15) is 19.8 Å². The second-order valence-electron chi connectivity index (χ2n) is 7.36. The first-order valence-corrected chi connectivity index (χ1v) is 9.95. The Hall–Kier alpha value is -0.700. The van der Waals surface area contributed by atoms with Gasteiger partial charge in [0.1, 0.15) is 0 Å². The summed E-state index contributed by atoms with van der Waals surface area (Å²) < 4.78 is 30.5. The van der Waals surface area contributed by atoms with Gasteiger partial charge in [-0.25, -0.2) is 8.42 Å². The molecule has 2 heterocycles. The minimum absolute atomic E-state index is 0.0184. The summed E-state index contributed by atoms with van der Waals surface area (Å²) >= 11 is 0. The first-order valence-electron chi connectivity index (χ1n) is 8.10. The lowest BCUT2D eigenvalue weighted by Gasteiger charge is -2.34. The molecule has 0 spiro atoms. The minimum atomic E-state index is -3.24. The number of nitrogens with one attached hydrogen (secondary N) is 1. The summed E-state index contributed by atoms with van der Waals surface area (Å²) in [5.41, 5.74) is -0.417. The average Bonchev–Trinajstić information content (AvgIpc) is 2.82. The normalized spacial score (nSPS) is 28.9. The minimum Gasteiger partial charge on any atom is -0.381 e. The fourth-order valence-corrected chi connectivity index (χ4v) is 4.21. The van der Waals surface area contributed by atoms with Crippen LogP contribution in [0.5, 0.6) is 0 Å². The second kappa shape index (κ2) is 7.04. The fourth-order valence-electron chi connectivity index (χ4n) is 3.31. The Morgan fingerprint density at radius 3 is 2.43 bits per heavy atom. The van der Waals surface area contributed by atoms with Crippen LogP contribution in [-0.4, -0.2) is 82.8 Å². The van der Waals surface area contributed by atoms with Crippen molar-refractivity contribution in [2.45, 2.75) is 25.8 Å². The third kappa shape index (κ3) is 4.65. The van der Waals surface area contributed by atoms with Gasteiger partial charge in [-0.05, 0) is 26.9 Å². The summed E-state index contributed by atoms with van der Waals surface area (Å²) in [6.45, 7) is 4.74. The van der Waals surface area contributed by atoms with Gasteiger partial charge in [-0.15, -0.1) is 0 Å². The van der Waals surface area contributed by atoms with Gasteiger partial charge in [0, 0.05) is 44.8 Å². The van der Waals surface area contributed by atoms with Gasteiger partial charge in [0.25, 0.3) is 0 Å². The Kier molecular flexibility index (Phi) is 5.71. The van der Waals surface area contributed by atoms with Gasteiger partial charge < -0.3 is 15.0 Å². The van der Waals surface area contributed by atoms with Crippen molar-refractivity contribution in [2.24, 2.45) is 11.3 Å². The molecule has 1 amide bonds. The van der Waals surface area contributed by atoms with Crippen LogP contribution in [0.2, 0.25) is 0 Å². The molecule has 1 N–H and O–H groups in total. The molecule has 2 fully saturated rings. The van der Waals surface area contributed by atoms with E-state index < -0.39 is 15.4 Å². The molecule has 7 nitrogen and oxygen atoms in total. The van der Waals surface area contributed by atoms with E-state index in [1.807, 2.05) is 25.9 Å². The van der Waals surface area contributed by atoms with Crippen molar-refractivity contribution in [3.05, 3.63) is 0 Å². The van der Waals surface area contributed by atoms with E-state index >= 15 is 0 Å². The highest BCUT2D eigenvalue weighted by molar-refractivity contribution is 7.88. The molecule has 0 aromatic rings. The zero-order chi connectivity index (χ0) is 17.3. The summed E-state index contributed by atoms with van der Waals surface area (Å²) in [4.78, 5) is 14.7. The van der Waals surface area contributed by atoms with Crippen LogP contribution in [0, 0.1) is 11.3 Å². The molecular formula is C15H29N3O4S. The number of sulfonamides is 1. The summed E-state index contributed by atoms with van der Waals surface area (Å²) in [5.74, 6) is 0.122.